The molecule has 0 aromatic carbocycles. The second-order valence-electron chi connectivity index (χ2n) is 7.43. The van der Waals surface area contributed by atoms with Crippen LogP contribution in [-0.2, 0) is 20.9 Å². The predicted molar refractivity (Wildman–Crippen MR) is 96.5 cm³/mol. The van der Waals surface area contributed by atoms with Crippen LogP contribution in [0.15, 0.2) is 36.7 Å². The first-order chi connectivity index (χ1) is 12.5. The zero-order chi connectivity index (χ0) is 18.7. The molecule has 0 bridgehead atoms. The fraction of sp³-hybridized carbons (Fsp3) is 0.500. The summed E-state index contributed by atoms with van der Waals surface area (Å²) in [6.45, 7) is 4.30. The summed E-state index contributed by atoms with van der Waals surface area (Å²) in [5.74, 6) is -1.12. The van der Waals surface area contributed by atoms with Crippen molar-refractivity contribution in [2.24, 2.45) is 17.8 Å². The number of carbonyl (C=O) groups is 3. The minimum absolute atomic E-state index is 0.186. The molecule has 3 amide bonds. The number of amides is 3. The molecule has 1 aromatic heterocycles. The molecule has 138 valence electrons. The highest BCUT2D eigenvalue weighted by molar-refractivity contribution is 6.08. The summed E-state index contributed by atoms with van der Waals surface area (Å²) in [7, 11) is 0. The van der Waals surface area contributed by atoms with E-state index in [-0.39, 0.29) is 35.5 Å². The van der Waals surface area contributed by atoms with E-state index in [0.29, 0.717) is 25.8 Å². The van der Waals surface area contributed by atoms with Crippen molar-refractivity contribution in [3.05, 3.63) is 42.2 Å². The lowest BCUT2D eigenvalue weighted by molar-refractivity contribution is -0.148. The molecule has 2 heterocycles. The number of hydrogen-bond acceptors (Lipinski definition) is 4. The molecule has 3 unspecified atom stereocenters. The molecule has 26 heavy (non-hydrogen) atoms. The molecule has 1 saturated heterocycles. The number of hydrogen-bond donors (Lipinski definition) is 1. The summed E-state index contributed by atoms with van der Waals surface area (Å²) in [6.07, 6.45) is 8.89. The van der Waals surface area contributed by atoms with E-state index >= 15 is 0 Å². The van der Waals surface area contributed by atoms with Gasteiger partial charge in [-0.05, 0) is 36.8 Å². The first kappa shape index (κ1) is 18.3. The third kappa shape index (κ3) is 3.69. The first-order valence-electron chi connectivity index (χ1n) is 9.17. The van der Waals surface area contributed by atoms with Crippen molar-refractivity contribution in [3.63, 3.8) is 0 Å². The molecule has 1 aliphatic heterocycles. The van der Waals surface area contributed by atoms with Crippen LogP contribution in [-0.4, -0.2) is 33.6 Å². The van der Waals surface area contributed by atoms with Gasteiger partial charge in [0.2, 0.25) is 17.7 Å². The number of fused-ring (bicyclic) bond motifs is 1. The Morgan fingerprint density at radius 2 is 1.88 bits per heavy atom. The van der Waals surface area contributed by atoms with Gasteiger partial charge in [0, 0.05) is 18.9 Å². The molecule has 0 spiro atoms. The summed E-state index contributed by atoms with van der Waals surface area (Å²) in [5, 5.41) is 2.86. The number of nitrogens with zero attached hydrogens (tertiary/aromatic N) is 2. The van der Waals surface area contributed by atoms with Gasteiger partial charge in [0.25, 0.3) is 0 Å². The highest BCUT2D eigenvalue weighted by Crippen LogP contribution is 2.37. The Kier molecular flexibility index (Phi) is 5.49. The predicted octanol–water partition coefficient (Wildman–Crippen LogP) is 2.06. The SMILES string of the molecule is CC(C)CC(C(=O)NCc1cccnc1)N1C(=O)C2CC=CCC2C1=O. The van der Waals surface area contributed by atoms with E-state index < -0.39 is 6.04 Å². The Morgan fingerprint density at radius 1 is 1.23 bits per heavy atom. The van der Waals surface area contributed by atoms with Crippen LogP contribution in [0, 0.1) is 17.8 Å². The number of carbonyl (C=O) groups excluding carboxylic acids is 3. The highest BCUT2D eigenvalue weighted by Gasteiger charge is 2.51. The molecule has 3 atom stereocenters. The van der Waals surface area contributed by atoms with E-state index in [0.717, 1.165) is 5.56 Å². The second-order valence-corrected chi connectivity index (χ2v) is 7.43. The van der Waals surface area contributed by atoms with Crippen molar-refractivity contribution < 1.29 is 14.4 Å². The number of nitrogens with one attached hydrogen (secondary N) is 1. The van der Waals surface area contributed by atoms with Crippen LogP contribution >= 0.6 is 0 Å². The molecule has 1 N–H and O–H groups in total. The van der Waals surface area contributed by atoms with Crippen molar-refractivity contribution in [1.82, 2.24) is 15.2 Å². The van der Waals surface area contributed by atoms with Crippen LogP contribution in [0.3, 0.4) is 0 Å². The Morgan fingerprint density at radius 3 is 2.42 bits per heavy atom. The highest BCUT2D eigenvalue weighted by atomic mass is 16.2. The van der Waals surface area contributed by atoms with Gasteiger partial charge >= 0.3 is 0 Å². The standard InChI is InChI=1S/C20H25N3O3/c1-13(2)10-17(18(24)22-12-14-6-5-9-21-11-14)23-19(25)15-7-3-4-8-16(15)20(23)26/h3-6,9,11,13,15-17H,7-8,10,12H2,1-2H3,(H,22,24). The van der Waals surface area contributed by atoms with Gasteiger partial charge in [-0.25, -0.2) is 0 Å². The van der Waals surface area contributed by atoms with Gasteiger partial charge in [0.15, 0.2) is 0 Å². The topological polar surface area (TPSA) is 79.4 Å². The average Bonchev–Trinajstić information content (AvgIpc) is 2.90. The largest absolute Gasteiger partial charge is 0.350 e. The quantitative estimate of drug-likeness (QED) is 0.626. The maximum Gasteiger partial charge on any atom is 0.243 e. The maximum absolute atomic E-state index is 12.8. The van der Waals surface area contributed by atoms with E-state index in [1.165, 1.54) is 4.90 Å². The summed E-state index contributed by atoms with van der Waals surface area (Å²) >= 11 is 0. The van der Waals surface area contributed by atoms with Crippen molar-refractivity contribution in [2.45, 2.75) is 45.7 Å². The second kappa shape index (κ2) is 7.81. The molecule has 0 saturated carbocycles. The van der Waals surface area contributed by atoms with E-state index in [4.69, 9.17) is 0 Å². The monoisotopic (exact) mass is 355 g/mol. The maximum atomic E-state index is 12.8. The number of likely N-dealkylation sites (tertiary alicyclic amines) is 1. The van der Waals surface area contributed by atoms with Gasteiger partial charge in [-0.15, -0.1) is 0 Å². The Labute approximate surface area is 153 Å². The lowest BCUT2D eigenvalue weighted by Crippen LogP contribution is -2.50. The molecular weight excluding hydrogens is 330 g/mol. The zero-order valence-electron chi connectivity index (χ0n) is 15.2. The number of rotatable bonds is 6. The van der Waals surface area contributed by atoms with Gasteiger partial charge in [0.05, 0.1) is 11.8 Å². The van der Waals surface area contributed by atoms with Gasteiger partial charge in [-0.3, -0.25) is 24.3 Å². The van der Waals surface area contributed by atoms with Crippen molar-refractivity contribution in [1.29, 1.82) is 0 Å². The lowest BCUT2D eigenvalue weighted by Gasteiger charge is -2.27. The third-order valence-corrected chi connectivity index (χ3v) is 5.04. The minimum atomic E-state index is -0.753. The Balaban J connectivity index is 1.76. The number of aromatic nitrogens is 1. The minimum Gasteiger partial charge on any atom is -0.350 e. The summed E-state index contributed by atoms with van der Waals surface area (Å²) in [4.78, 5) is 43.8. The number of imide groups is 1. The van der Waals surface area contributed by atoms with E-state index in [1.54, 1.807) is 18.5 Å². The number of allylic oxidation sites excluding steroid dienone is 2. The molecule has 6 heteroatoms. The molecule has 2 aliphatic rings. The molecule has 1 fully saturated rings. The van der Waals surface area contributed by atoms with Crippen LogP contribution in [0.2, 0.25) is 0 Å². The van der Waals surface area contributed by atoms with Gasteiger partial charge in [0.1, 0.15) is 6.04 Å². The zero-order valence-corrected chi connectivity index (χ0v) is 15.2. The Hall–Kier alpha value is -2.50. The molecular formula is C20H25N3O3. The van der Waals surface area contributed by atoms with Crippen LogP contribution in [0.25, 0.3) is 0 Å². The molecule has 6 nitrogen and oxygen atoms in total. The fourth-order valence-electron chi connectivity index (χ4n) is 3.72. The van der Waals surface area contributed by atoms with E-state index in [1.807, 2.05) is 32.1 Å². The third-order valence-electron chi connectivity index (χ3n) is 5.04. The van der Waals surface area contributed by atoms with Gasteiger partial charge < -0.3 is 5.32 Å². The summed E-state index contributed by atoms with van der Waals surface area (Å²) in [5.41, 5.74) is 0.876. The summed E-state index contributed by atoms with van der Waals surface area (Å²) < 4.78 is 0. The van der Waals surface area contributed by atoms with Crippen LogP contribution < -0.4 is 5.32 Å². The van der Waals surface area contributed by atoms with Crippen molar-refractivity contribution in [3.8, 4) is 0 Å². The van der Waals surface area contributed by atoms with Crippen LogP contribution in [0.1, 0.15) is 38.7 Å². The fourth-order valence-corrected chi connectivity index (χ4v) is 3.72. The van der Waals surface area contributed by atoms with E-state index in [2.05, 4.69) is 10.3 Å². The number of pyridine rings is 1. The smallest absolute Gasteiger partial charge is 0.243 e. The van der Waals surface area contributed by atoms with Crippen molar-refractivity contribution in [2.75, 3.05) is 0 Å². The van der Waals surface area contributed by atoms with Crippen LogP contribution in [0.5, 0.6) is 0 Å². The lowest BCUT2D eigenvalue weighted by atomic mass is 9.85. The summed E-state index contributed by atoms with van der Waals surface area (Å²) in [6, 6.07) is 2.92. The normalized spacial score (nSPS) is 23.3. The van der Waals surface area contributed by atoms with E-state index in [9.17, 15) is 14.4 Å². The molecule has 1 aliphatic carbocycles. The molecule has 0 radical (unpaired) electrons. The van der Waals surface area contributed by atoms with Crippen LogP contribution in [0.4, 0.5) is 0 Å². The Bertz CT molecular complexity index is 688. The first-order valence-corrected chi connectivity index (χ1v) is 9.17. The van der Waals surface area contributed by atoms with Crippen molar-refractivity contribution >= 4 is 17.7 Å². The van der Waals surface area contributed by atoms with Gasteiger partial charge in [-0.2, -0.15) is 0 Å². The van der Waals surface area contributed by atoms with Gasteiger partial charge in [-0.1, -0.05) is 32.1 Å². The molecule has 1 aromatic rings. The molecule has 3 rings (SSSR count). The average molecular weight is 355 g/mol.